The van der Waals surface area contributed by atoms with E-state index in [0.717, 1.165) is 10.0 Å². The average Bonchev–Trinajstić information content (AvgIpc) is 3.12. The van der Waals surface area contributed by atoms with E-state index >= 15 is 0 Å². The van der Waals surface area contributed by atoms with Crippen molar-refractivity contribution in [2.45, 2.75) is 45.1 Å². The lowest BCUT2D eigenvalue weighted by Crippen LogP contribution is -2.32. The van der Waals surface area contributed by atoms with Gasteiger partial charge in [0, 0.05) is 10.7 Å². The number of fused-ring (bicyclic) bond motifs is 1. The smallest absolute Gasteiger partial charge is 0.270 e. The van der Waals surface area contributed by atoms with Crippen molar-refractivity contribution >= 4 is 27.5 Å². The fourth-order valence-corrected chi connectivity index (χ4v) is 4.70. The Morgan fingerprint density at radius 1 is 1.29 bits per heavy atom. The van der Waals surface area contributed by atoms with Gasteiger partial charge in [0.25, 0.3) is 5.91 Å². The summed E-state index contributed by atoms with van der Waals surface area (Å²) in [5, 5.41) is 12.8. The molecule has 7 heteroatoms. The molecule has 0 aliphatic heterocycles. The molecule has 4 rings (SSSR count). The minimum atomic E-state index is -0.493. The third-order valence-electron chi connectivity index (χ3n) is 5.93. The Morgan fingerprint density at radius 2 is 2.03 bits per heavy atom. The average molecular weight is 486 g/mol. The van der Waals surface area contributed by atoms with Crippen LogP contribution in [-0.4, -0.2) is 33.6 Å². The third kappa shape index (κ3) is 4.93. The molecule has 0 spiro atoms. The molecule has 3 aromatic rings. The van der Waals surface area contributed by atoms with E-state index in [0.29, 0.717) is 35.3 Å². The fraction of sp³-hybridized carbons (Fsp3) is 0.417. The van der Waals surface area contributed by atoms with Crippen LogP contribution in [0.2, 0.25) is 0 Å². The van der Waals surface area contributed by atoms with Gasteiger partial charge < -0.3 is 15.2 Å². The van der Waals surface area contributed by atoms with Gasteiger partial charge in [-0.3, -0.25) is 9.20 Å². The Hall–Kier alpha value is -2.38. The number of nitrogens with one attached hydrogen (secondary N) is 1. The second-order valence-electron chi connectivity index (χ2n) is 8.20. The van der Waals surface area contributed by atoms with Crippen LogP contribution in [0, 0.1) is 12.8 Å². The van der Waals surface area contributed by atoms with Gasteiger partial charge in [0.1, 0.15) is 5.69 Å². The summed E-state index contributed by atoms with van der Waals surface area (Å²) in [5.74, 6) is 0.955. The van der Waals surface area contributed by atoms with Crippen LogP contribution in [0.3, 0.4) is 0 Å². The number of aromatic nitrogens is 2. The first-order valence-electron chi connectivity index (χ1n) is 10.8. The Kier molecular flexibility index (Phi) is 6.92. The summed E-state index contributed by atoms with van der Waals surface area (Å²) in [6.07, 6.45) is 8.08. The lowest BCUT2D eigenvalue weighted by Gasteiger charge is -2.21. The number of rotatable bonds is 7. The summed E-state index contributed by atoms with van der Waals surface area (Å²) in [7, 11) is 0. The van der Waals surface area contributed by atoms with E-state index in [-0.39, 0.29) is 12.5 Å². The summed E-state index contributed by atoms with van der Waals surface area (Å²) >= 11 is 3.54. The number of aryl methyl sites for hydroxylation is 1. The topological polar surface area (TPSA) is 75.9 Å². The van der Waals surface area contributed by atoms with Crippen molar-refractivity contribution in [3.8, 4) is 5.75 Å². The van der Waals surface area contributed by atoms with Gasteiger partial charge in [-0.05, 0) is 53.2 Å². The van der Waals surface area contributed by atoms with Gasteiger partial charge in [-0.2, -0.15) is 0 Å². The van der Waals surface area contributed by atoms with Crippen LogP contribution in [-0.2, 0) is 0 Å². The van der Waals surface area contributed by atoms with Crippen molar-refractivity contribution in [3.63, 3.8) is 0 Å². The number of carbonyl (C=O) groups excluding carboxylic acids is 1. The number of imidazole rings is 1. The molecule has 0 bridgehead atoms. The van der Waals surface area contributed by atoms with Crippen LogP contribution in [0.5, 0.6) is 5.75 Å². The van der Waals surface area contributed by atoms with E-state index in [2.05, 4.69) is 26.2 Å². The van der Waals surface area contributed by atoms with Gasteiger partial charge in [-0.25, -0.2) is 4.98 Å². The van der Waals surface area contributed by atoms with Crippen molar-refractivity contribution in [1.29, 1.82) is 0 Å². The highest BCUT2D eigenvalue weighted by atomic mass is 79.9. The number of aliphatic hydroxyl groups is 1. The monoisotopic (exact) mass is 485 g/mol. The highest BCUT2D eigenvalue weighted by Gasteiger charge is 2.23. The third-order valence-corrected chi connectivity index (χ3v) is 6.37. The van der Waals surface area contributed by atoms with E-state index in [1.807, 2.05) is 49.5 Å². The van der Waals surface area contributed by atoms with Crippen molar-refractivity contribution < 1.29 is 14.6 Å². The Bertz CT molecular complexity index is 1050. The van der Waals surface area contributed by atoms with E-state index < -0.39 is 6.04 Å². The van der Waals surface area contributed by atoms with E-state index in [9.17, 15) is 9.90 Å². The molecule has 164 valence electrons. The van der Waals surface area contributed by atoms with Gasteiger partial charge in [0.2, 0.25) is 0 Å². The number of benzene rings is 1. The van der Waals surface area contributed by atoms with Crippen molar-refractivity contribution in [2.75, 3.05) is 13.2 Å². The number of pyridine rings is 1. The first-order chi connectivity index (χ1) is 15.1. The molecule has 2 aromatic heterocycles. The number of hydrogen-bond donors (Lipinski definition) is 2. The number of hydrogen-bond acceptors (Lipinski definition) is 4. The van der Waals surface area contributed by atoms with Crippen LogP contribution >= 0.6 is 15.9 Å². The maximum atomic E-state index is 13.2. The van der Waals surface area contributed by atoms with Gasteiger partial charge in [-0.15, -0.1) is 0 Å². The van der Waals surface area contributed by atoms with E-state index in [1.54, 1.807) is 4.40 Å². The lowest BCUT2D eigenvalue weighted by atomic mass is 9.90. The Morgan fingerprint density at radius 3 is 2.74 bits per heavy atom. The fourth-order valence-electron chi connectivity index (χ4n) is 4.28. The molecule has 2 heterocycles. The first-order valence-corrected chi connectivity index (χ1v) is 11.6. The SMILES string of the molecule is Cc1nc2c(OCC3CCCCC3)cc(Br)cn2c1C(=O)N[C@@H](CO)c1ccccc1. The van der Waals surface area contributed by atoms with Crippen LogP contribution < -0.4 is 10.1 Å². The molecule has 1 fully saturated rings. The van der Waals surface area contributed by atoms with Crippen LogP contribution in [0.25, 0.3) is 5.65 Å². The molecule has 0 saturated heterocycles. The maximum Gasteiger partial charge on any atom is 0.270 e. The molecule has 1 aliphatic rings. The highest BCUT2D eigenvalue weighted by Crippen LogP contribution is 2.29. The van der Waals surface area contributed by atoms with Gasteiger partial charge in [-0.1, -0.05) is 49.6 Å². The quantitative estimate of drug-likeness (QED) is 0.502. The molecule has 1 aliphatic carbocycles. The number of amides is 1. The first kappa shape index (κ1) is 21.8. The Balaban J connectivity index is 1.60. The van der Waals surface area contributed by atoms with E-state index in [1.165, 1.54) is 32.1 Å². The molecular formula is C24H28BrN3O3. The summed E-state index contributed by atoms with van der Waals surface area (Å²) in [6, 6.07) is 10.9. The largest absolute Gasteiger partial charge is 0.489 e. The van der Waals surface area contributed by atoms with Crippen LogP contribution in [0.1, 0.15) is 59.9 Å². The minimum Gasteiger partial charge on any atom is -0.489 e. The van der Waals surface area contributed by atoms with Crippen molar-refractivity contribution in [1.82, 2.24) is 14.7 Å². The number of carbonyl (C=O) groups is 1. The second-order valence-corrected chi connectivity index (χ2v) is 9.11. The summed E-state index contributed by atoms with van der Waals surface area (Å²) in [6.45, 7) is 2.29. The standard InChI is InChI=1S/C24H28BrN3O3/c1-16-22(24(30)27-20(14-29)18-10-6-3-7-11-18)28-13-19(25)12-21(23(28)26-16)31-15-17-8-4-2-5-9-17/h3,6-7,10-13,17,20,29H,2,4-5,8-9,14-15H2,1H3,(H,27,30)/t20-/m0/s1. The maximum absolute atomic E-state index is 13.2. The zero-order chi connectivity index (χ0) is 21.8. The molecule has 0 radical (unpaired) electrons. The molecule has 0 unspecified atom stereocenters. The van der Waals surface area contributed by atoms with Gasteiger partial charge in [0.15, 0.2) is 11.4 Å². The molecule has 2 N–H and O–H groups in total. The lowest BCUT2D eigenvalue weighted by molar-refractivity contribution is 0.0909. The minimum absolute atomic E-state index is 0.190. The van der Waals surface area contributed by atoms with Gasteiger partial charge in [0.05, 0.1) is 24.9 Å². The second kappa shape index (κ2) is 9.83. The summed E-state index contributed by atoms with van der Waals surface area (Å²) < 4.78 is 8.75. The molecule has 1 aromatic carbocycles. The zero-order valence-electron chi connectivity index (χ0n) is 17.7. The van der Waals surface area contributed by atoms with E-state index in [4.69, 9.17) is 4.74 Å². The number of nitrogens with zero attached hydrogens (tertiary/aromatic N) is 2. The molecule has 31 heavy (non-hydrogen) atoms. The molecular weight excluding hydrogens is 458 g/mol. The summed E-state index contributed by atoms with van der Waals surface area (Å²) in [5.41, 5.74) is 2.53. The number of halogens is 1. The normalized spacial score (nSPS) is 15.7. The molecule has 1 saturated carbocycles. The van der Waals surface area contributed by atoms with Crippen molar-refractivity contribution in [3.05, 3.63) is 64.0 Å². The van der Waals surface area contributed by atoms with Crippen molar-refractivity contribution in [2.24, 2.45) is 5.92 Å². The Labute approximate surface area is 190 Å². The predicted octanol–water partition coefficient (Wildman–Crippen LogP) is 4.83. The molecule has 6 nitrogen and oxygen atoms in total. The highest BCUT2D eigenvalue weighted by molar-refractivity contribution is 9.10. The zero-order valence-corrected chi connectivity index (χ0v) is 19.3. The molecule has 1 atom stereocenters. The van der Waals surface area contributed by atoms with Gasteiger partial charge >= 0.3 is 0 Å². The molecule has 1 amide bonds. The van der Waals surface area contributed by atoms with Crippen LogP contribution in [0.4, 0.5) is 0 Å². The number of aliphatic hydroxyl groups excluding tert-OH is 1. The summed E-state index contributed by atoms with van der Waals surface area (Å²) in [4.78, 5) is 17.8. The van der Waals surface area contributed by atoms with Crippen LogP contribution in [0.15, 0.2) is 47.1 Å². The number of ether oxygens (including phenoxy) is 1. The predicted molar refractivity (Wildman–Crippen MR) is 123 cm³/mol.